The molecule has 0 atom stereocenters. The fraction of sp³-hybridized carbons (Fsp3) is 0.368. The number of benzene rings is 1. The number of carbonyl (C=O) groups excluding carboxylic acids is 1. The van der Waals surface area contributed by atoms with Gasteiger partial charge in [-0.25, -0.2) is 13.8 Å². The summed E-state index contributed by atoms with van der Waals surface area (Å²) in [6, 6.07) is 4.87. The maximum Gasteiger partial charge on any atom is 0.253 e. The molecule has 1 aromatic carbocycles. The van der Waals surface area contributed by atoms with Crippen LogP contribution in [0.25, 0.3) is 0 Å². The van der Waals surface area contributed by atoms with Gasteiger partial charge < -0.3 is 15.0 Å². The Bertz CT molecular complexity index is 899. The summed E-state index contributed by atoms with van der Waals surface area (Å²) in [6.45, 7) is 2.95. The molecule has 0 unspecified atom stereocenters. The maximum absolute atomic E-state index is 13.7. The summed E-state index contributed by atoms with van der Waals surface area (Å²) in [7, 11) is 0. The van der Waals surface area contributed by atoms with Crippen LogP contribution in [0, 0.1) is 11.6 Å². The van der Waals surface area contributed by atoms with Crippen LogP contribution in [0.1, 0.15) is 30.1 Å². The Hall–Kier alpha value is -2.41. The Balaban J connectivity index is 1.40. The second kappa shape index (κ2) is 6.64. The molecule has 0 bridgehead atoms. The molecular weight excluding hydrogens is 376 g/mol. The van der Waals surface area contributed by atoms with Gasteiger partial charge in [0.2, 0.25) is 0 Å². The maximum atomic E-state index is 13.7. The van der Waals surface area contributed by atoms with Crippen molar-refractivity contribution in [2.75, 3.05) is 18.0 Å². The number of nitrogens with zero attached hydrogens (tertiary/aromatic N) is 2. The van der Waals surface area contributed by atoms with Crippen molar-refractivity contribution >= 4 is 23.3 Å². The Morgan fingerprint density at radius 2 is 2.07 bits per heavy atom. The number of nitrogens with one attached hydrogen (secondary N) is 1. The van der Waals surface area contributed by atoms with Crippen molar-refractivity contribution in [2.45, 2.75) is 31.4 Å². The van der Waals surface area contributed by atoms with Gasteiger partial charge in [-0.2, -0.15) is 0 Å². The second-order valence-corrected chi connectivity index (χ2v) is 7.66. The highest BCUT2D eigenvalue weighted by Gasteiger charge is 2.39. The first-order valence-electron chi connectivity index (χ1n) is 8.68. The summed E-state index contributed by atoms with van der Waals surface area (Å²) >= 11 is 6.13. The van der Waals surface area contributed by atoms with Gasteiger partial charge in [0.15, 0.2) is 11.6 Å². The van der Waals surface area contributed by atoms with Crippen molar-refractivity contribution in [3.63, 3.8) is 0 Å². The first-order chi connectivity index (χ1) is 12.8. The van der Waals surface area contributed by atoms with Gasteiger partial charge in [0.05, 0.1) is 23.7 Å². The largest absolute Gasteiger partial charge is 0.484 e. The van der Waals surface area contributed by atoms with E-state index in [0.29, 0.717) is 29.5 Å². The molecule has 0 spiro atoms. The molecule has 1 N–H and O–H groups in total. The monoisotopic (exact) mass is 393 g/mol. The fourth-order valence-corrected chi connectivity index (χ4v) is 3.07. The van der Waals surface area contributed by atoms with E-state index in [1.807, 2.05) is 11.8 Å². The molecule has 1 amide bonds. The van der Waals surface area contributed by atoms with Crippen molar-refractivity contribution in [3.8, 4) is 5.75 Å². The highest BCUT2D eigenvalue weighted by Crippen LogP contribution is 2.35. The van der Waals surface area contributed by atoms with Gasteiger partial charge in [0.1, 0.15) is 17.7 Å². The molecule has 2 aliphatic rings. The molecule has 1 aliphatic heterocycles. The van der Waals surface area contributed by atoms with E-state index < -0.39 is 11.6 Å². The molecule has 142 valence electrons. The van der Waals surface area contributed by atoms with Gasteiger partial charge in [-0.1, -0.05) is 11.6 Å². The van der Waals surface area contributed by atoms with Gasteiger partial charge in [-0.3, -0.25) is 4.79 Å². The zero-order valence-corrected chi connectivity index (χ0v) is 15.4. The van der Waals surface area contributed by atoms with Crippen molar-refractivity contribution in [1.82, 2.24) is 10.3 Å². The average molecular weight is 394 g/mol. The Morgan fingerprint density at radius 1 is 1.33 bits per heavy atom. The normalized spacial score (nSPS) is 18.0. The lowest BCUT2D eigenvalue weighted by Gasteiger charge is -2.40. The topological polar surface area (TPSA) is 54.5 Å². The van der Waals surface area contributed by atoms with E-state index in [1.165, 1.54) is 12.3 Å². The summed E-state index contributed by atoms with van der Waals surface area (Å²) in [6.07, 6.45) is 3.12. The lowest BCUT2D eigenvalue weighted by molar-refractivity contribution is 0.0935. The van der Waals surface area contributed by atoms with E-state index in [0.717, 1.165) is 25.0 Å². The van der Waals surface area contributed by atoms with E-state index in [9.17, 15) is 13.6 Å². The van der Waals surface area contributed by atoms with Gasteiger partial charge >= 0.3 is 0 Å². The number of aromatic nitrogens is 1. The predicted octanol–water partition coefficient (Wildman–Crippen LogP) is 3.56. The van der Waals surface area contributed by atoms with Crippen molar-refractivity contribution < 1.29 is 18.3 Å². The number of ether oxygens (including phenoxy) is 1. The quantitative estimate of drug-likeness (QED) is 0.843. The minimum absolute atomic E-state index is 0.0165. The third-order valence-electron chi connectivity index (χ3n) is 4.86. The lowest BCUT2D eigenvalue weighted by Crippen LogP contribution is -2.54. The van der Waals surface area contributed by atoms with Crippen LogP contribution in [0.15, 0.2) is 30.5 Å². The smallest absolute Gasteiger partial charge is 0.253 e. The van der Waals surface area contributed by atoms with E-state index in [1.54, 1.807) is 6.07 Å². The third kappa shape index (κ3) is 3.83. The molecule has 1 saturated carbocycles. The van der Waals surface area contributed by atoms with E-state index >= 15 is 0 Å². The minimum Gasteiger partial charge on any atom is -0.484 e. The third-order valence-corrected chi connectivity index (χ3v) is 5.16. The molecule has 27 heavy (non-hydrogen) atoms. The van der Waals surface area contributed by atoms with Crippen LogP contribution >= 0.6 is 11.6 Å². The molecule has 2 heterocycles. The molecule has 4 rings (SSSR count). The highest BCUT2D eigenvalue weighted by molar-refractivity contribution is 6.33. The molecule has 8 heteroatoms. The number of anilines is 1. The van der Waals surface area contributed by atoms with Crippen LogP contribution in [0.2, 0.25) is 5.02 Å². The first-order valence-corrected chi connectivity index (χ1v) is 9.05. The highest BCUT2D eigenvalue weighted by atomic mass is 35.5. The van der Waals surface area contributed by atoms with Crippen molar-refractivity contribution in [1.29, 1.82) is 0 Å². The molecular formula is C19H18ClF2N3O2. The Kier molecular flexibility index (Phi) is 4.42. The summed E-state index contributed by atoms with van der Waals surface area (Å²) in [5.41, 5.74) is 0.238. The van der Waals surface area contributed by atoms with Crippen LogP contribution in [-0.2, 0) is 0 Å². The summed E-state index contributed by atoms with van der Waals surface area (Å²) in [5.74, 6) is -0.977. The number of hydrogen-bond acceptors (Lipinski definition) is 4. The zero-order valence-electron chi connectivity index (χ0n) is 14.6. The number of halogens is 3. The number of carbonyl (C=O) groups is 1. The summed E-state index contributed by atoms with van der Waals surface area (Å²) < 4.78 is 32.2. The average Bonchev–Trinajstić information content (AvgIpc) is 3.30. The number of rotatable bonds is 5. The van der Waals surface area contributed by atoms with Crippen molar-refractivity contribution in [2.24, 2.45) is 0 Å². The van der Waals surface area contributed by atoms with E-state index in [4.69, 9.17) is 16.3 Å². The molecule has 5 nitrogen and oxygen atoms in total. The fourth-order valence-electron chi connectivity index (χ4n) is 2.88. The van der Waals surface area contributed by atoms with E-state index in [-0.39, 0.29) is 23.3 Å². The number of hydrogen-bond donors (Lipinski definition) is 1. The van der Waals surface area contributed by atoms with Crippen LogP contribution < -0.4 is 15.0 Å². The van der Waals surface area contributed by atoms with Crippen molar-refractivity contribution in [3.05, 3.63) is 52.7 Å². The second-order valence-electron chi connectivity index (χ2n) is 7.26. The van der Waals surface area contributed by atoms with Crippen LogP contribution in [0.3, 0.4) is 0 Å². The van der Waals surface area contributed by atoms with Gasteiger partial charge in [-0.15, -0.1) is 0 Å². The van der Waals surface area contributed by atoms with Crippen LogP contribution in [0.4, 0.5) is 14.6 Å². The standard InChI is InChI=1S/C19H18ClF2N3O2/c1-19(4-5-19)24-18(26)13-7-17(23-8-14(13)20)25-9-12(10-25)27-16-3-2-11(21)6-15(16)22/h2-3,6-8,12H,4-5,9-10H2,1H3,(H,24,26). The molecule has 1 aromatic heterocycles. The molecule has 1 saturated heterocycles. The molecule has 1 aliphatic carbocycles. The lowest BCUT2D eigenvalue weighted by atomic mass is 10.1. The van der Waals surface area contributed by atoms with Gasteiger partial charge in [0, 0.05) is 17.8 Å². The summed E-state index contributed by atoms with van der Waals surface area (Å²) in [4.78, 5) is 18.6. The molecule has 2 aromatic rings. The summed E-state index contributed by atoms with van der Waals surface area (Å²) in [5, 5.41) is 3.27. The van der Waals surface area contributed by atoms with Gasteiger partial charge in [-0.05, 0) is 38.0 Å². The SMILES string of the molecule is CC1(NC(=O)c2cc(N3CC(Oc4ccc(F)cc4F)C3)ncc2Cl)CC1. The Morgan fingerprint density at radius 3 is 2.74 bits per heavy atom. The minimum atomic E-state index is -0.731. The molecule has 2 fully saturated rings. The van der Waals surface area contributed by atoms with Crippen LogP contribution in [-0.4, -0.2) is 35.6 Å². The van der Waals surface area contributed by atoms with Gasteiger partial charge in [0.25, 0.3) is 5.91 Å². The Labute approximate surface area is 160 Å². The van der Waals surface area contributed by atoms with E-state index in [2.05, 4.69) is 10.3 Å². The zero-order chi connectivity index (χ0) is 19.2. The number of pyridine rings is 1. The first kappa shape index (κ1) is 18.0. The van der Waals surface area contributed by atoms with Crippen LogP contribution in [0.5, 0.6) is 5.75 Å². The number of amides is 1. The molecule has 0 radical (unpaired) electrons. The predicted molar refractivity (Wildman–Crippen MR) is 97.3 cm³/mol.